The molecule has 1 aromatic carbocycles. The Labute approximate surface area is 144 Å². The molecule has 1 amide bonds. The molecular formula is C15H25IN4O. The summed E-state index contributed by atoms with van der Waals surface area (Å²) in [5.41, 5.74) is 1.27. The van der Waals surface area contributed by atoms with Crippen molar-refractivity contribution in [3.05, 3.63) is 35.9 Å². The lowest BCUT2D eigenvalue weighted by Crippen LogP contribution is -2.43. The minimum absolute atomic E-state index is 0. The normalized spacial score (nSPS) is 10.5. The Balaban J connectivity index is 0.00000400. The van der Waals surface area contributed by atoms with Gasteiger partial charge in [-0.05, 0) is 18.4 Å². The number of hydrogen-bond acceptors (Lipinski definition) is 2. The Morgan fingerprint density at radius 3 is 2.43 bits per heavy atom. The number of halogens is 1. The number of carbonyl (C=O) groups excluding carboxylic acids is 1. The first-order valence-corrected chi connectivity index (χ1v) is 7.01. The largest absolute Gasteiger partial charge is 0.356 e. The number of carbonyl (C=O) groups is 1. The number of nitrogens with one attached hydrogen (secondary N) is 3. The van der Waals surface area contributed by atoms with Crippen molar-refractivity contribution in [1.29, 1.82) is 0 Å². The Morgan fingerprint density at radius 2 is 1.81 bits per heavy atom. The number of aliphatic imine (C=N–C) groups is 1. The molecule has 0 aromatic heterocycles. The van der Waals surface area contributed by atoms with Crippen LogP contribution in [0.4, 0.5) is 0 Å². The van der Waals surface area contributed by atoms with Crippen molar-refractivity contribution in [3.8, 4) is 0 Å². The van der Waals surface area contributed by atoms with Gasteiger partial charge in [0.25, 0.3) is 0 Å². The van der Waals surface area contributed by atoms with Crippen molar-refractivity contribution >= 4 is 35.8 Å². The van der Waals surface area contributed by atoms with Crippen LogP contribution in [0, 0.1) is 0 Å². The molecule has 0 spiro atoms. The van der Waals surface area contributed by atoms with Gasteiger partial charge in [-0.2, -0.15) is 0 Å². The van der Waals surface area contributed by atoms with Crippen LogP contribution in [-0.4, -0.2) is 38.5 Å². The zero-order chi connectivity index (χ0) is 14.6. The van der Waals surface area contributed by atoms with Gasteiger partial charge >= 0.3 is 0 Å². The monoisotopic (exact) mass is 404 g/mol. The minimum atomic E-state index is -0.0159. The summed E-state index contributed by atoms with van der Waals surface area (Å²) in [6, 6.07) is 10.2. The van der Waals surface area contributed by atoms with Crippen molar-refractivity contribution in [2.24, 2.45) is 4.99 Å². The van der Waals surface area contributed by atoms with E-state index >= 15 is 0 Å². The van der Waals surface area contributed by atoms with Gasteiger partial charge in [-0.1, -0.05) is 37.3 Å². The molecule has 6 heteroatoms. The van der Waals surface area contributed by atoms with E-state index in [1.807, 2.05) is 25.1 Å². The van der Waals surface area contributed by atoms with Gasteiger partial charge in [0.2, 0.25) is 5.91 Å². The van der Waals surface area contributed by atoms with E-state index in [2.05, 4.69) is 33.1 Å². The summed E-state index contributed by atoms with van der Waals surface area (Å²) in [5, 5.41) is 8.99. The van der Waals surface area contributed by atoms with Crippen LogP contribution >= 0.6 is 24.0 Å². The second kappa shape index (κ2) is 12.4. The standard InChI is InChI=1S/C15H24N4O.HI/c1-3-10-17-14(20)12-19-15(16-2)18-11-9-13-7-5-4-6-8-13;/h4-8H,3,9-12H2,1-2H3,(H,17,20)(H2,16,18,19);1H. The van der Waals surface area contributed by atoms with Gasteiger partial charge in [-0.25, -0.2) is 0 Å². The summed E-state index contributed by atoms with van der Waals surface area (Å²) >= 11 is 0. The van der Waals surface area contributed by atoms with Gasteiger partial charge < -0.3 is 16.0 Å². The summed E-state index contributed by atoms with van der Waals surface area (Å²) in [6.07, 6.45) is 1.86. The third-order valence-electron chi connectivity index (χ3n) is 2.76. The van der Waals surface area contributed by atoms with E-state index in [9.17, 15) is 4.79 Å². The van der Waals surface area contributed by atoms with Crippen LogP contribution in [0.15, 0.2) is 35.3 Å². The molecule has 0 bridgehead atoms. The molecule has 0 aliphatic heterocycles. The molecular weight excluding hydrogens is 379 g/mol. The molecule has 1 rings (SSSR count). The van der Waals surface area contributed by atoms with Crippen molar-refractivity contribution in [3.63, 3.8) is 0 Å². The first-order chi connectivity index (χ1) is 9.76. The van der Waals surface area contributed by atoms with E-state index < -0.39 is 0 Å². The lowest BCUT2D eigenvalue weighted by atomic mass is 10.1. The zero-order valence-corrected chi connectivity index (χ0v) is 15.0. The number of rotatable bonds is 7. The fourth-order valence-corrected chi connectivity index (χ4v) is 1.68. The highest BCUT2D eigenvalue weighted by atomic mass is 127. The van der Waals surface area contributed by atoms with E-state index in [-0.39, 0.29) is 36.4 Å². The highest BCUT2D eigenvalue weighted by Crippen LogP contribution is 1.97. The maximum Gasteiger partial charge on any atom is 0.239 e. The molecule has 0 unspecified atom stereocenters. The van der Waals surface area contributed by atoms with E-state index in [0.717, 1.165) is 19.4 Å². The topological polar surface area (TPSA) is 65.5 Å². The highest BCUT2D eigenvalue weighted by Gasteiger charge is 2.02. The Hall–Kier alpha value is -1.31. The quantitative estimate of drug-likeness (QED) is 0.367. The average Bonchev–Trinajstić information content (AvgIpc) is 2.49. The predicted octanol–water partition coefficient (Wildman–Crippen LogP) is 1.54. The summed E-state index contributed by atoms with van der Waals surface area (Å²) in [7, 11) is 1.70. The third-order valence-corrected chi connectivity index (χ3v) is 2.76. The molecule has 0 fully saturated rings. The summed E-state index contributed by atoms with van der Waals surface area (Å²) < 4.78 is 0. The fourth-order valence-electron chi connectivity index (χ4n) is 1.68. The smallest absolute Gasteiger partial charge is 0.239 e. The Morgan fingerprint density at radius 1 is 1.10 bits per heavy atom. The Bertz CT molecular complexity index is 423. The number of nitrogens with zero attached hydrogens (tertiary/aromatic N) is 1. The van der Waals surface area contributed by atoms with Crippen LogP contribution in [0.1, 0.15) is 18.9 Å². The molecule has 0 saturated heterocycles. The third kappa shape index (κ3) is 9.28. The average molecular weight is 404 g/mol. The lowest BCUT2D eigenvalue weighted by molar-refractivity contribution is -0.120. The minimum Gasteiger partial charge on any atom is -0.356 e. The molecule has 3 N–H and O–H groups in total. The Kier molecular flexibility index (Phi) is 11.7. The molecule has 0 radical (unpaired) electrons. The van der Waals surface area contributed by atoms with E-state index in [1.54, 1.807) is 7.05 Å². The lowest BCUT2D eigenvalue weighted by Gasteiger charge is -2.11. The first kappa shape index (κ1) is 19.7. The number of guanidine groups is 1. The molecule has 1 aromatic rings. The van der Waals surface area contributed by atoms with Gasteiger partial charge in [0, 0.05) is 20.1 Å². The van der Waals surface area contributed by atoms with E-state index in [0.29, 0.717) is 12.5 Å². The van der Waals surface area contributed by atoms with E-state index in [1.165, 1.54) is 5.56 Å². The number of amides is 1. The van der Waals surface area contributed by atoms with Crippen LogP contribution in [-0.2, 0) is 11.2 Å². The molecule has 0 aliphatic carbocycles. The molecule has 0 heterocycles. The summed E-state index contributed by atoms with van der Waals surface area (Å²) in [5.74, 6) is 0.630. The van der Waals surface area contributed by atoms with Crippen molar-refractivity contribution in [2.45, 2.75) is 19.8 Å². The number of hydrogen-bond donors (Lipinski definition) is 3. The van der Waals surface area contributed by atoms with Gasteiger partial charge in [-0.15, -0.1) is 24.0 Å². The molecule has 21 heavy (non-hydrogen) atoms. The molecule has 0 aliphatic rings. The fraction of sp³-hybridized carbons (Fsp3) is 0.467. The van der Waals surface area contributed by atoms with Crippen LogP contribution in [0.5, 0.6) is 0 Å². The maximum atomic E-state index is 11.5. The maximum absolute atomic E-state index is 11.5. The highest BCUT2D eigenvalue weighted by molar-refractivity contribution is 14.0. The van der Waals surface area contributed by atoms with Gasteiger partial charge in [-0.3, -0.25) is 9.79 Å². The number of benzene rings is 1. The van der Waals surface area contributed by atoms with Gasteiger partial charge in [0.05, 0.1) is 6.54 Å². The van der Waals surface area contributed by atoms with Gasteiger partial charge in [0.1, 0.15) is 0 Å². The first-order valence-electron chi connectivity index (χ1n) is 7.01. The van der Waals surface area contributed by atoms with Crippen molar-refractivity contribution in [1.82, 2.24) is 16.0 Å². The van der Waals surface area contributed by atoms with E-state index in [4.69, 9.17) is 0 Å². The van der Waals surface area contributed by atoms with Crippen LogP contribution < -0.4 is 16.0 Å². The van der Waals surface area contributed by atoms with Crippen LogP contribution in [0.25, 0.3) is 0 Å². The molecule has 118 valence electrons. The second-order valence-corrected chi connectivity index (χ2v) is 4.44. The second-order valence-electron chi connectivity index (χ2n) is 4.44. The molecule has 0 saturated carbocycles. The van der Waals surface area contributed by atoms with Crippen molar-refractivity contribution in [2.75, 3.05) is 26.7 Å². The molecule has 0 atom stereocenters. The van der Waals surface area contributed by atoms with Crippen molar-refractivity contribution < 1.29 is 4.79 Å². The van der Waals surface area contributed by atoms with Crippen LogP contribution in [0.3, 0.4) is 0 Å². The molecule has 5 nitrogen and oxygen atoms in total. The zero-order valence-electron chi connectivity index (χ0n) is 12.7. The van der Waals surface area contributed by atoms with Gasteiger partial charge in [0.15, 0.2) is 5.96 Å². The summed E-state index contributed by atoms with van der Waals surface area (Å²) in [4.78, 5) is 15.5. The van der Waals surface area contributed by atoms with Crippen LogP contribution in [0.2, 0.25) is 0 Å². The SMILES string of the molecule is CCCNC(=O)CNC(=NC)NCCc1ccccc1.I. The summed E-state index contributed by atoms with van der Waals surface area (Å²) in [6.45, 7) is 3.75. The predicted molar refractivity (Wildman–Crippen MR) is 98.2 cm³/mol.